The smallest absolute Gasteiger partial charge is 0.264 e. The second-order valence-corrected chi connectivity index (χ2v) is 6.03. The van der Waals surface area contributed by atoms with Crippen molar-refractivity contribution < 1.29 is 25.8 Å². The normalized spacial score (nSPS) is 14.7. The molecule has 0 aliphatic rings. The summed E-state index contributed by atoms with van der Waals surface area (Å²) in [6.07, 6.45) is -3.03. The van der Waals surface area contributed by atoms with Crippen molar-refractivity contribution >= 4 is 10.1 Å². The van der Waals surface area contributed by atoms with E-state index in [0.29, 0.717) is 0 Å². The summed E-state index contributed by atoms with van der Waals surface area (Å²) in [5, 5.41) is 0. The Morgan fingerprint density at radius 1 is 1.32 bits per heavy atom. The molecule has 0 aliphatic carbocycles. The highest BCUT2D eigenvalue weighted by Gasteiger charge is 2.37. The van der Waals surface area contributed by atoms with E-state index in [9.17, 15) is 21.6 Å². The molecule has 1 aromatic rings. The summed E-state index contributed by atoms with van der Waals surface area (Å²) in [6.45, 7) is 3.14. The van der Waals surface area contributed by atoms with Crippen molar-refractivity contribution in [2.45, 2.75) is 26.1 Å². The van der Waals surface area contributed by atoms with Gasteiger partial charge in [-0.1, -0.05) is 13.8 Å². The molecule has 1 unspecified atom stereocenters. The lowest BCUT2D eigenvalue weighted by molar-refractivity contribution is -0.139. The molecule has 0 radical (unpaired) electrons. The van der Waals surface area contributed by atoms with Crippen molar-refractivity contribution in [3.8, 4) is 0 Å². The molecular formula is C11H14F3NO3S. The minimum atomic E-state index is -4.59. The lowest BCUT2D eigenvalue weighted by Crippen LogP contribution is -2.20. The van der Waals surface area contributed by atoms with Gasteiger partial charge in [0.15, 0.2) is 0 Å². The molecule has 0 saturated carbocycles. The van der Waals surface area contributed by atoms with Crippen LogP contribution in [-0.4, -0.2) is 19.7 Å². The van der Waals surface area contributed by atoms with Crippen molar-refractivity contribution in [1.29, 1.82) is 0 Å². The third-order valence-electron chi connectivity index (χ3n) is 2.35. The van der Waals surface area contributed by atoms with E-state index >= 15 is 0 Å². The Kier molecular flexibility index (Phi) is 4.57. The summed E-state index contributed by atoms with van der Waals surface area (Å²) in [5.41, 5.74) is -1.22. The zero-order chi connectivity index (χ0) is 14.8. The Morgan fingerprint density at radius 2 is 1.89 bits per heavy atom. The fraction of sp³-hybridized carbons (Fsp3) is 0.545. The first-order valence-corrected chi connectivity index (χ1v) is 7.23. The molecule has 0 fully saturated rings. The third-order valence-corrected chi connectivity index (χ3v) is 2.90. The van der Waals surface area contributed by atoms with Crippen LogP contribution < -0.4 is 0 Å². The molecule has 0 spiro atoms. The van der Waals surface area contributed by atoms with Gasteiger partial charge in [-0.25, -0.2) is 0 Å². The first-order valence-electron chi connectivity index (χ1n) is 5.41. The molecule has 0 amide bonds. The van der Waals surface area contributed by atoms with Gasteiger partial charge < -0.3 is 0 Å². The molecule has 0 N–H and O–H groups in total. The van der Waals surface area contributed by atoms with Crippen molar-refractivity contribution in [3.63, 3.8) is 0 Å². The Labute approximate surface area is 109 Å². The largest absolute Gasteiger partial charge is 0.416 e. The highest BCUT2D eigenvalue weighted by Crippen LogP contribution is 2.38. The number of alkyl halides is 3. The predicted octanol–water partition coefficient (Wildman–Crippen LogP) is 2.77. The first-order chi connectivity index (χ1) is 8.52. The number of pyridine rings is 1. The van der Waals surface area contributed by atoms with Crippen molar-refractivity contribution in [3.05, 3.63) is 29.6 Å². The highest BCUT2D eigenvalue weighted by molar-refractivity contribution is 7.86. The minimum absolute atomic E-state index is 0.282. The summed E-state index contributed by atoms with van der Waals surface area (Å²) in [6, 6.07) is 0.802. The van der Waals surface area contributed by atoms with Gasteiger partial charge in [0, 0.05) is 18.0 Å². The van der Waals surface area contributed by atoms with E-state index in [0.717, 1.165) is 24.7 Å². The summed E-state index contributed by atoms with van der Waals surface area (Å²) >= 11 is 0. The summed E-state index contributed by atoms with van der Waals surface area (Å²) in [4.78, 5) is 3.62. The molecule has 4 nitrogen and oxygen atoms in total. The monoisotopic (exact) mass is 297 g/mol. The first kappa shape index (κ1) is 15.9. The molecule has 8 heteroatoms. The molecule has 1 rings (SSSR count). The Morgan fingerprint density at radius 3 is 2.32 bits per heavy atom. The van der Waals surface area contributed by atoms with Crippen LogP contribution in [0.2, 0.25) is 0 Å². The lowest BCUT2D eigenvalue weighted by atomic mass is 9.96. The van der Waals surface area contributed by atoms with Crippen molar-refractivity contribution in [1.82, 2.24) is 4.98 Å². The summed E-state index contributed by atoms with van der Waals surface area (Å²) < 4.78 is 65.7. The number of rotatable bonds is 4. The van der Waals surface area contributed by atoms with Crippen LogP contribution in [0, 0.1) is 5.92 Å². The van der Waals surface area contributed by atoms with E-state index < -0.39 is 33.9 Å². The average molecular weight is 297 g/mol. The maximum absolute atomic E-state index is 12.9. The van der Waals surface area contributed by atoms with E-state index in [4.69, 9.17) is 4.18 Å². The van der Waals surface area contributed by atoms with Gasteiger partial charge in [0.05, 0.1) is 11.8 Å². The van der Waals surface area contributed by atoms with E-state index in [1.165, 1.54) is 0 Å². The van der Waals surface area contributed by atoms with Gasteiger partial charge in [-0.3, -0.25) is 9.17 Å². The number of aromatic nitrogens is 1. The average Bonchev–Trinajstić information content (AvgIpc) is 2.23. The fourth-order valence-electron chi connectivity index (χ4n) is 1.60. The van der Waals surface area contributed by atoms with Crippen LogP contribution in [0.15, 0.2) is 18.5 Å². The fourth-order valence-corrected chi connectivity index (χ4v) is 2.30. The van der Waals surface area contributed by atoms with Gasteiger partial charge in [-0.2, -0.15) is 21.6 Å². The molecular weight excluding hydrogens is 283 g/mol. The van der Waals surface area contributed by atoms with Gasteiger partial charge in [-0.05, 0) is 12.0 Å². The van der Waals surface area contributed by atoms with Gasteiger partial charge >= 0.3 is 6.18 Å². The van der Waals surface area contributed by atoms with Crippen LogP contribution in [0.5, 0.6) is 0 Å². The molecule has 0 aromatic carbocycles. The van der Waals surface area contributed by atoms with Crippen LogP contribution in [-0.2, 0) is 20.5 Å². The van der Waals surface area contributed by atoms with E-state index in [1.54, 1.807) is 13.8 Å². The molecule has 0 saturated heterocycles. The van der Waals surface area contributed by atoms with Crippen LogP contribution in [0.25, 0.3) is 0 Å². The molecule has 0 bridgehead atoms. The number of hydrogen-bond donors (Lipinski definition) is 0. The molecule has 0 aliphatic heterocycles. The Hall–Kier alpha value is -1.15. The zero-order valence-electron chi connectivity index (χ0n) is 10.6. The number of nitrogens with zero attached hydrogens (tertiary/aromatic N) is 1. The van der Waals surface area contributed by atoms with Crippen molar-refractivity contribution in [2.24, 2.45) is 5.92 Å². The number of halogens is 3. The lowest BCUT2D eigenvalue weighted by Gasteiger charge is -2.23. The van der Waals surface area contributed by atoms with Gasteiger partial charge in [0.1, 0.15) is 6.10 Å². The molecule has 1 atom stereocenters. The van der Waals surface area contributed by atoms with Crippen molar-refractivity contribution in [2.75, 3.05) is 6.26 Å². The quantitative estimate of drug-likeness (QED) is 0.802. The molecule has 1 aromatic heterocycles. The molecule has 108 valence electrons. The highest BCUT2D eigenvalue weighted by atomic mass is 32.2. The topological polar surface area (TPSA) is 56.3 Å². The summed E-state index contributed by atoms with van der Waals surface area (Å²) in [7, 11) is -3.87. The standard InChI is InChI=1S/C11H14F3NO3S/c1-7(2)10(18-19(3,16)17)8-6-15-5-4-9(8)11(12,13)14/h4-7,10H,1-3H3. The van der Waals surface area contributed by atoms with Gasteiger partial charge in [-0.15, -0.1) is 0 Å². The third kappa shape index (κ3) is 4.46. The maximum atomic E-state index is 12.9. The second-order valence-electron chi connectivity index (χ2n) is 4.43. The van der Waals surface area contributed by atoms with E-state index in [1.807, 2.05) is 0 Å². The predicted molar refractivity (Wildman–Crippen MR) is 62.7 cm³/mol. The maximum Gasteiger partial charge on any atom is 0.416 e. The Balaban J connectivity index is 3.32. The Bertz CT molecular complexity index is 540. The van der Waals surface area contributed by atoms with Crippen LogP contribution in [0.3, 0.4) is 0 Å². The van der Waals surface area contributed by atoms with E-state index in [2.05, 4.69) is 4.98 Å². The number of hydrogen-bond acceptors (Lipinski definition) is 4. The van der Waals surface area contributed by atoms with Gasteiger partial charge in [0.2, 0.25) is 0 Å². The SMILES string of the molecule is CC(C)C(OS(C)(=O)=O)c1cnccc1C(F)(F)F. The molecule has 1 heterocycles. The summed E-state index contributed by atoms with van der Waals surface area (Å²) in [5.74, 6) is -0.458. The van der Waals surface area contributed by atoms with Gasteiger partial charge in [0.25, 0.3) is 10.1 Å². The van der Waals surface area contributed by atoms with Crippen LogP contribution in [0.4, 0.5) is 13.2 Å². The molecule has 19 heavy (non-hydrogen) atoms. The second kappa shape index (κ2) is 5.46. The zero-order valence-corrected chi connectivity index (χ0v) is 11.4. The van der Waals surface area contributed by atoms with Crippen LogP contribution >= 0.6 is 0 Å². The minimum Gasteiger partial charge on any atom is -0.264 e. The van der Waals surface area contributed by atoms with E-state index in [-0.39, 0.29) is 5.56 Å². The van der Waals surface area contributed by atoms with Crippen LogP contribution in [0.1, 0.15) is 31.1 Å².